The Bertz CT molecular complexity index is 843. The van der Waals surface area contributed by atoms with E-state index in [4.69, 9.17) is 14.2 Å². The first-order valence-corrected chi connectivity index (χ1v) is 10.4. The second-order valence-electron chi connectivity index (χ2n) is 8.72. The number of hydrogen-bond donors (Lipinski definition) is 1. The van der Waals surface area contributed by atoms with Crippen molar-refractivity contribution in [3.8, 4) is 0 Å². The smallest absolute Gasteiger partial charge is 0.338 e. The van der Waals surface area contributed by atoms with E-state index in [1.54, 1.807) is 43.9 Å². The van der Waals surface area contributed by atoms with Gasteiger partial charge in [0.15, 0.2) is 12.2 Å². The molecule has 9 heteroatoms. The predicted molar refractivity (Wildman–Crippen MR) is 112 cm³/mol. The van der Waals surface area contributed by atoms with Crippen LogP contribution in [0.4, 0.5) is 5.69 Å². The van der Waals surface area contributed by atoms with E-state index < -0.39 is 29.7 Å². The van der Waals surface area contributed by atoms with E-state index in [2.05, 4.69) is 0 Å². The van der Waals surface area contributed by atoms with Crippen LogP contribution in [-0.2, 0) is 23.8 Å². The van der Waals surface area contributed by atoms with E-state index in [-0.39, 0.29) is 19.1 Å². The zero-order chi connectivity index (χ0) is 22.8. The molecule has 2 heterocycles. The average Bonchev–Trinajstić information content (AvgIpc) is 2.72. The molecule has 0 radical (unpaired) electrons. The summed E-state index contributed by atoms with van der Waals surface area (Å²) in [5, 5.41) is 10.4. The van der Waals surface area contributed by atoms with Gasteiger partial charge in [0.1, 0.15) is 5.60 Å². The van der Waals surface area contributed by atoms with Crippen LogP contribution in [0.3, 0.4) is 0 Å². The molecule has 0 spiro atoms. The van der Waals surface area contributed by atoms with Crippen molar-refractivity contribution in [1.29, 1.82) is 0 Å². The largest absolute Gasteiger partial charge is 0.458 e. The van der Waals surface area contributed by atoms with Crippen molar-refractivity contribution >= 4 is 23.5 Å². The molecule has 2 fully saturated rings. The number of ether oxygens (including phenoxy) is 3. The summed E-state index contributed by atoms with van der Waals surface area (Å²) >= 11 is 0. The lowest BCUT2D eigenvalue weighted by molar-refractivity contribution is -0.177. The molecule has 3 rings (SSSR count). The molecule has 2 aliphatic rings. The first kappa shape index (κ1) is 23.2. The van der Waals surface area contributed by atoms with Gasteiger partial charge < -0.3 is 29.1 Å². The van der Waals surface area contributed by atoms with Crippen molar-refractivity contribution in [2.24, 2.45) is 0 Å². The first-order chi connectivity index (χ1) is 14.6. The summed E-state index contributed by atoms with van der Waals surface area (Å²) in [6.45, 7) is 9.27. The van der Waals surface area contributed by atoms with Gasteiger partial charge in [0, 0.05) is 30.9 Å². The van der Waals surface area contributed by atoms with Crippen LogP contribution in [0.5, 0.6) is 0 Å². The summed E-state index contributed by atoms with van der Waals surface area (Å²) in [5.74, 6) is -1.60. The molecule has 1 N–H and O–H groups in total. The van der Waals surface area contributed by atoms with Gasteiger partial charge in [-0.25, -0.2) is 4.79 Å². The number of carbonyl (C=O) groups excluding carboxylic acids is 3. The third-order valence-corrected chi connectivity index (χ3v) is 4.98. The van der Waals surface area contributed by atoms with E-state index in [0.717, 1.165) is 5.56 Å². The van der Waals surface area contributed by atoms with Gasteiger partial charge in [0.25, 0.3) is 11.8 Å². The molecule has 31 heavy (non-hydrogen) atoms. The van der Waals surface area contributed by atoms with Crippen LogP contribution in [0.15, 0.2) is 18.2 Å². The third kappa shape index (κ3) is 5.61. The summed E-state index contributed by atoms with van der Waals surface area (Å²) in [5.41, 5.74) is 1.00. The highest BCUT2D eigenvalue weighted by atomic mass is 16.6. The van der Waals surface area contributed by atoms with Crippen LogP contribution in [0.1, 0.15) is 36.7 Å². The van der Waals surface area contributed by atoms with Crippen LogP contribution in [0.2, 0.25) is 0 Å². The number of aryl methyl sites for hydroxylation is 1. The monoisotopic (exact) mass is 434 g/mol. The van der Waals surface area contributed by atoms with Crippen LogP contribution >= 0.6 is 0 Å². The van der Waals surface area contributed by atoms with E-state index in [1.807, 2.05) is 6.92 Å². The zero-order valence-electron chi connectivity index (χ0n) is 18.4. The van der Waals surface area contributed by atoms with Crippen LogP contribution in [-0.4, -0.2) is 85.1 Å². The Labute approximate surface area is 181 Å². The van der Waals surface area contributed by atoms with Gasteiger partial charge in [0.05, 0.1) is 19.8 Å². The molecule has 2 atom stereocenters. The van der Waals surface area contributed by atoms with Crippen molar-refractivity contribution < 1.29 is 33.7 Å². The summed E-state index contributed by atoms with van der Waals surface area (Å²) in [6, 6.07) is 5.22. The number of nitrogens with zero attached hydrogens (tertiary/aromatic N) is 2. The SMILES string of the molecule is Cc1cc(C(=O)N2CCOCC2)cc(N2CCO[C@H]([C@@H](O)C(=O)OC(C)(C)C)C2=O)c1. The standard InChI is InChI=1S/C22H30N2O7/c1-14-11-15(19(26)23-5-8-29-9-6-23)13-16(12-14)24-7-10-30-18(20(24)27)17(25)21(28)31-22(2,3)4/h11-13,17-18,25H,5-10H2,1-4H3/t17-,18-/m1/s1. The highest BCUT2D eigenvalue weighted by molar-refractivity contribution is 6.02. The van der Waals surface area contributed by atoms with Crippen molar-refractivity contribution in [3.63, 3.8) is 0 Å². The van der Waals surface area contributed by atoms with Crippen molar-refractivity contribution in [3.05, 3.63) is 29.3 Å². The Morgan fingerprint density at radius 3 is 2.45 bits per heavy atom. The minimum Gasteiger partial charge on any atom is -0.458 e. The van der Waals surface area contributed by atoms with Gasteiger partial charge in [-0.05, 0) is 51.5 Å². The van der Waals surface area contributed by atoms with Crippen molar-refractivity contribution in [2.45, 2.75) is 45.5 Å². The van der Waals surface area contributed by atoms with Crippen LogP contribution < -0.4 is 4.90 Å². The number of anilines is 1. The number of amides is 2. The number of esters is 1. The van der Waals surface area contributed by atoms with E-state index in [9.17, 15) is 19.5 Å². The fraction of sp³-hybridized carbons (Fsp3) is 0.591. The molecule has 2 amide bonds. The van der Waals surface area contributed by atoms with E-state index >= 15 is 0 Å². The molecule has 0 unspecified atom stereocenters. The maximum absolute atomic E-state index is 13.1. The number of aliphatic hydroxyl groups excluding tert-OH is 1. The number of morpholine rings is 2. The Balaban J connectivity index is 1.80. The van der Waals surface area contributed by atoms with E-state index in [1.165, 1.54) is 4.90 Å². The maximum Gasteiger partial charge on any atom is 0.338 e. The topological polar surface area (TPSA) is 106 Å². The highest BCUT2D eigenvalue weighted by Crippen LogP contribution is 2.25. The van der Waals surface area contributed by atoms with Gasteiger partial charge in [-0.3, -0.25) is 9.59 Å². The molecule has 2 aliphatic heterocycles. The van der Waals surface area contributed by atoms with Gasteiger partial charge in [-0.1, -0.05) is 0 Å². The molecule has 0 bridgehead atoms. The second-order valence-corrected chi connectivity index (χ2v) is 8.72. The Morgan fingerprint density at radius 2 is 1.81 bits per heavy atom. The molecule has 0 aliphatic carbocycles. The molecule has 0 saturated carbocycles. The average molecular weight is 434 g/mol. The summed E-state index contributed by atoms with van der Waals surface area (Å²) < 4.78 is 15.9. The molecule has 1 aromatic rings. The quantitative estimate of drug-likeness (QED) is 0.702. The minimum absolute atomic E-state index is 0.126. The lowest BCUT2D eigenvalue weighted by atomic mass is 10.1. The molecular weight excluding hydrogens is 404 g/mol. The third-order valence-electron chi connectivity index (χ3n) is 4.98. The predicted octanol–water partition coefficient (Wildman–Crippen LogP) is 0.902. The zero-order valence-corrected chi connectivity index (χ0v) is 18.4. The van der Waals surface area contributed by atoms with Gasteiger partial charge in [-0.2, -0.15) is 0 Å². The van der Waals surface area contributed by atoms with E-state index in [0.29, 0.717) is 37.6 Å². The number of rotatable bonds is 4. The number of hydrogen-bond acceptors (Lipinski definition) is 7. The molecule has 1 aromatic carbocycles. The number of aliphatic hydroxyl groups is 1. The molecule has 0 aromatic heterocycles. The Morgan fingerprint density at radius 1 is 1.13 bits per heavy atom. The first-order valence-electron chi connectivity index (χ1n) is 10.4. The lowest BCUT2D eigenvalue weighted by Gasteiger charge is -2.35. The second kappa shape index (κ2) is 9.33. The van der Waals surface area contributed by atoms with Crippen LogP contribution in [0.25, 0.3) is 0 Å². The summed E-state index contributed by atoms with van der Waals surface area (Å²) in [7, 11) is 0. The normalized spacial score (nSPS) is 21.1. The highest BCUT2D eigenvalue weighted by Gasteiger charge is 2.41. The fourth-order valence-electron chi connectivity index (χ4n) is 3.57. The van der Waals surface area contributed by atoms with Crippen molar-refractivity contribution in [2.75, 3.05) is 44.4 Å². The van der Waals surface area contributed by atoms with Crippen molar-refractivity contribution in [1.82, 2.24) is 4.90 Å². The molecular formula is C22H30N2O7. The number of benzene rings is 1. The molecule has 170 valence electrons. The number of carbonyl (C=O) groups is 3. The molecule has 2 saturated heterocycles. The summed E-state index contributed by atoms with van der Waals surface area (Å²) in [4.78, 5) is 41.3. The lowest BCUT2D eigenvalue weighted by Crippen LogP contribution is -2.55. The maximum atomic E-state index is 13.1. The van der Waals surface area contributed by atoms with Gasteiger partial charge >= 0.3 is 5.97 Å². The molecule has 9 nitrogen and oxygen atoms in total. The summed E-state index contributed by atoms with van der Waals surface area (Å²) in [6.07, 6.45) is -3.11. The Hall–Kier alpha value is -2.49. The van der Waals surface area contributed by atoms with Gasteiger partial charge in [0.2, 0.25) is 0 Å². The minimum atomic E-state index is -1.74. The fourth-order valence-corrected chi connectivity index (χ4v) is 3.57. The Kier molecular flexibility index (Phi) is 6.98. The van der Waals surface area contributed by atoms with Crippen LogP contribution in [0, 0.1) is 6.92 Å². The van der Waals surface area contributed by atoms with Gasteiger partial charge in [-0.15, -0.1) is 0 Å².